The van der Waals surface area contributed by atoms with Gasteiger partial charge in [0, 0.05) is 5.02 Å². The summed E-state index contributed by atoms with van der Waals surface area (Å²) in [6, 6.07) is 11.3. The number of phenolic OH excluding ortho intramolecular Hbond substituents is 1. The Morgan fingerprint density at radius 1 is 1.26 bits per heavy atom. The predicted octanol–water partition coefficient (Wildman–Crippen LogP) is 3.36. The second-order valence-corrected chi connectivity index (χ2v) is 9.06. The van der Waals surface area contributed by atoms with E-state index in [1.54, 1.807) is 51.3 Å². The lowest BCUT2D eigenvalue weighted by molar-refractivity contribution is -0.139. The molecule has 0 bridgehead atoms. The Hall–Kier alpha value is -3.36. The molecule has 0 amide bonds. The number of benzene rings is 2. The maximum absolute atomic E-state index is 13.5. The lowest BCUT2D eigenvalue weighted by atomic mass is 9.96. The molecule has 0 saturated heterocycles. The van der Waals surface area contributed by atoms with Crippen LogP contribution in [0.15, 0.2) is 63.5 Å². The van der Waals surface area contributed by atoms with E-state index in [1.807, 2.05) is 12.1 Å². The number of fused-ring (bicyclic) bond motifs is 1. The topological polar surface area (TPSA) is 90.1 Å². The molecule has 0 radical (unpaired) electrons. The Bertz CT molecular complexity index is 1450. The maximum atomic E-state index is 13.5. The standard InChI is InChI=1S/C25H23ClN2O5S/c1-4-33-24(31)21-14(2)27-25-28(22(21)15-5-9-18(32-3)10-6-15)23(30)20(34-25)12-7-16-13-17(26)8-11-19(16)29/h5-6,8-13,22,29H,4,7H2,1-3H3/b20-12-/t22-/m0/s1. The highest BCUT2D eigenvalue weighted by atomic mass is 35.5. The Kier molecular flexibility index (Phi) is 6.90. The zero-order chi connectivity index (χ0) is 24.4. The molecule has 0 spiro atoms. The van der Waals surface area contributed by atoms with Crippen LogP contribution in [0.4, 0.5) is 0 Å². The fourth-order valence-electron chi connectivity index (χ4n) is 3.85. The smallest absolute Gasteiger partial charge is 0.338 e. The number of allylic oxidation sites excluding steroid dienone is 1. The van der Waals surface area contributed by atoms with Gasteiger partial charge in [0.05, 0.1) is 35.6 Å². The quantitative estimate of drug-likeness (QED) is 0.526. The molecule has 1 atom stereocenters. The van der Waals surface area contributed by atoms with Crippen molar-refractivity contribution in [3.05, 3.63) is 89.6 Å². The second-order valence-electron chi connectivity index (χ2n) is 7.61. The Labute approximate surface area is 204 Å². The first kappa shape index (κ1) is 23.8. The number of hydrogen-bond donors (Lipinski definition) is 1. The molecule has 176 valence electrons. The molecule has 0 fully saturated rings. The number of thiazole rings is 1. The van der Waals surface area contributed by atoms with Gasteiger partial charge in [0.2, 0.25) is 0 Å². The van der Waals surface area contributed by atoms with Gasteiger partial charge in [0.1, 0.15) is 11.5 Å². The van der Waals surface area contributed by atoms with Crippen molar-refractivity contribution in [3.63, 3.8) is 0 Å². The average molecular weight is 499 g/mol. The predicted molar refractivity (Wildman–Crippen MR) is 131 cm³/mol. The van der Waals surface area contributed by atoms with E-state index in [-0.39, 0.29) is 17.9 Å². The van der Waals surface area contributed by atoms with Crippen LogP contribution in [0.1, 0.15) is 31.0 Å². The molecule has 1 aliphatic heterocycles. The third-order valence-corrected chi connectivity index (χ3v) is 6.76. The summed E-state index contributed by atoms with van der Waals surface area (Å²) in [4.78, 5) is 31.5. The van der Waals surface area contributed by atoms with Gasteiger partial charge in [0.25, 0.3) is 5.56 Å². The Morgan fingerprint density at radius 2 is 2.00 bits per heavy atom. The van der Waals surface area contributed by atoms with Gasteiger partial charge in [-0.2, -0.15) is 0 Å². The molecular formula is C25H23ClN2O5S. The minimum Gasteiger partial charge on any atom is -0.508 e. The van der Waals surface area contributed by atoms with Crippen molar-refractivity contribution in [3.8, 4) is 11.5 Å². The number of carbonyl (C=O) groups is 1. The molecule has 0 aliphatic carbocycles. The lowest BCUT2D eigenvalue weighted by Gasteiger charge is -2.24. The number of hydrogen-bond acceptors (Lipinski definition) is 7. The summed E-state index contributed by atoms with van der Waals surface area (Å²) in [5.41, 5.74) is 1.88. The van der Waals surface area contributed by atoms with Crippen molar-refractivity contribution in [2.75, 3.05) is 13.7 Å². The van der Waals surface area contributed by atoms with E-state index >= 15 is 0 Å². The third-order valence-electron chi connectivity index (χ3n) is 5.50. The van der Waals surface area contributed by atoms with Crippen LogP contribution in [0.2, 0.25) is 5.02 Å². The summed E-state index contributed by atoms with van der Waals surface area (Å²) < 4.78 is 12.5. The van der Waals surface area contributed by atoms with Crippen LogP contribution < -0.4 is 19.6 Å². The fourth-order valence-corrected chi connectivity index (χ4v) is 5.06. The summed E-state index contributed by atoms with van der Waals surface area (Å²) >= 11 is 7.28. The number of phenols is 1. The number of methoxy groups -OCH3 is 1. The SMILES string of the molecule is CCOC(=O)C1=C(C)N=c2s/c(=C\Cc3cc(Cl)ccc3O)c(=O)n2[C@H]1c1ccc(OC)cc1. The minimum absolute atomic E-state index is 0.102. The molecule has 2 heterocycles. The van der Waals surface area contributed by atoms with Gasteiger partial charge in [-0.3, -0.25) is 9.36 Å². The molecular weight excluding hydrogens is 476 g/mol. The van der Waals surface area contributed by atoms with Crippen molar-refractivity contribution in [1.29, 1.82) is 0 Å². The minimum atomic E-state index is -0.692. The number of aromatic hydroxyl groups is 1. The van der Waals surface area contributed by atoms with Crippen LogP contribution in [0.3, 0.4) is 0 Å². The number of esters is 1. The van der Waals surface area contributed by atoms with E-state index < -0.39 is 12.0 Å². The molecule has 2 aromatic carbocycles. The highest BCUT2D eigenvalue weighted by Crippen LogP contribution is 2.31. The first-order valence-electron chi connectivity index (χ1n) is 10.6. The Morgan fingerprint density at radius 3 is 2.68 bits per heavy atom. The number of halogens is 1. The van der Waals surface area contributed by atoms with Gasteiger partial charge >= 0.3 is 5.97 Å². The normalized spacial score (nSPS) is 15.6. The molecule has 0 saturated carbocycles. The second kappa shape index (κ2) is 9.87. The first-order valence-corrected chi connectivity index (χ1v) is 11.8. The summed E-state index contributed by atoms with van der Waals surface area (Å²) in [6.07, 6.45) is 2.05. The molecule has 34 heavy (non-hydrogen) atoms. The van der Waals surface area contributed by atoms with Crippen LogP contribution in [-0.2, 0) is 16.0 Å². The van der Waals surface area contributed by atoms with E-state index in [0.29, 0.717) is 43.4 Å². The lowest BCUT2D eigenvalue weighted by Crippen LogP contribution is -2.39. The number of carbonyl (C=O) groups excluding carboxylic acids is 1. The van der Waals surface area contributed by atoms with Gasteiger partial charge in [-0.1, -0.05) is 41.1 Å². The largest absolute Gasteiger partial charge is 0.508 e. The third kappa shape index (κ3) is 4.51. The number of ether oxygens (including phenoxy) is 2. The number of aromatic nitrogens is 1. The fraction of sp³-hybridized carbons (Fsp3) is 0.240. The van der Waals surface area contributed by atoms with E-state index in [9.17, 15) is 14.7 Å². The number of rotatable bonds is 6. The van der Waals surface area contributed by atoms with E-state index in [4.69, 9.17) is 21.1 Å². The summed E-state index contributed by atoms with van der Waals surface area (Å²) in [6.45, 7) is 3.68. The van der Waals surface area contributed by atoms with Gasteiger partial charge < -0.3 is 14.6 Å². The molecule has 1 aromatic heterocycles. The van der Waals surface area contributed by atoms with Crippen LogP contribution in [-0.4, -0.2) is 29.4 Å². The summed E-state index contributed by atoms with van der Waals surface area (Å²) in [7, 11) is 1.57. The van der Waals surface area contributed by atoms with Crippen molar-refractivity contribution in [1.82, 2.24) is 4.57 Å². The molecule has 3 aromatic rings. The average Bonchev–Trinajstić information content (AvgIpc) is 3.13. The molecule has 7 nitrogen and oxygen atoms in total. The number of nitrogens with zero attached hydrogens (tertiary/aromatic N) is 2. The van der Waals surface area contributed by atoms with E-state index in [2.05, 4.69) is 4.99 Å². The van der Waals surface area contributed by atoms with Crippen LogP contribution in [0.25, 0.3) is 6.08 Å². The van der Waals surface area contributed by atoms with Gasteiger partial charge in [-0.25, -0.2) is 9.79 Å². The van der Waals surface area contributed by atoms with Crippen LogP contribution in [0.5, 0.6) is 11.5 Å². The van der Waals surface area contributed by atoms with E-state index in [0.717, 1.165) is 5.56 Å². The molecule has 4 rings (SSSR count). The van der Waals surface area contributed by atoms with Crippen LogP contribution >= 0.6 is 22.9 Å². The Balaban J connectivity index is 1.86. The van der Waals surface area contributed by atoms with Crippen molar-refractivity contribution < 1.29 is 19.4 Å². The highest BCUT2D eigenvalue weighted by molar-refractivity contribution is 7.07. The van der Waals surface area contributed by atoms with Crippen molar-refractivity contribution in [2.45, 2.75) is 26.3 Å². The van der Waals surface area contributed by atoms with Crippen molar-refractivity contribution in [2.24, 2.45) is 4.99 Å². The zero-order valence-corrected chi connectivity index (χ0v) is 20.4. The maximum Gasteiger partial charge on any atom is 0.338 e. The zero-order valence-electron chi connectivity index (χ0n) is 18.9. The molecule has 0 unspecified atom stereocenters. The monoisotopic (exact) mass is 498 g/mol. The van der Waals surface area contributed by atoms with Crippen LogP contribution in [0, 0.1) is 0 Å². The molecule has 1 aliphatic rings. The van der Waals surface area contributed by atoms with Gasteiger partial charge in [-0.15, -0.1) is 0 Å². The molecule has 1 N–H and O–H groups in total. The first-order chi connectivity index (χ1) is 16.3. The van der Waals surface area contributed by atoms with Gasteiger partial charge in [-0.05, 0) is 61.7 Å². The van der Waals surface area contributed by atoms with Crippen molar-refractivity contribution >= 4 is 35.0 Å². The van der Waals surface area contributed by atoms with E-state index in [1.165, 1.54) is 22.0 Å². The summed E-state index contributed by atoms with van der Waals surface area (Å²) in [5, 5.41) is 10.6. The summed E-state index contributed by atoms with van der Waals surface area (Å²) in [5.74, 6) is 0.253. The molecule has 9 heteroatoms. The van der Waals surface area contributed by atoms with Gasteiger partial charge in [0.15, 0.2) is 4.80 Å². The highest BCUT2D eigenvalue weighted by Gasteiger charge is 2.33.